The number of rotatable bonds is 11. The van der Waals surface area contributed by atoms with Crippen LogP contribution in [0.4, 0.5) is 17.6 Å². The highest BCUT2D eigenvalue weighted by atomic mass is 19.4. The first-order valence-electron chi connectivity index (χ1n) is 12.9. The van der Waals surface area contributed by atoms with E-state index in [9.17, 15) is 37.1 Å². The minimum atomic E-state index is -4.67. The third-order valence-corrected chi connectivity index (χ3v) is 6.68. The summed E-state index contributed by atoms with van der Waals surface area (Å²) in [4.78, 5) is 38.5. The van der Waals surface area contributed by atoms with Gasteiger partial charge in [0, 0.05) is 31.5 Å². The summed E-state index contributed by atoms with van der Waals surface area (Å²) in [6, 6.07) is 7.28. The summed E-state index contributed by atoms with van der Waals surface area (Å²) in [6.45, 7) is 4.01. The number of carbonyl (C=O) groups is 3. The van der Waals surface area contributed by atoms with E-state index in [-0.39, 0.29) is 36.8 Å². The quantitative estimate of drug-likeness (QED) is 0.354. The van der Waals surface area contributed by atoms with E-state index in [1.807, 2.05) is 0 Å². The maximum atomic E-state index is 14.2. The lowest BCUT2D eigenvalue weighted by molar-refractivity contribution is -0.147. The Hall–Kier alpha value is -3.67. The molecule has 1 heterocycles. The number of likely N-dealkylation sites (tertiary alicyclic amines) is 1. The van der Waals surface area contributed by atoms with Crippen LogP contribution in [0, 0.1) is 11.7 Å². The number of nitrogens with zero attached hydrogens (tertiary/aromatic N) is 1. The van der Waals surface area contributed by atoms with Crippen LogP contribution in [0.15, 0.2) is 42.5 Å². The van der Waals surface area contributed by atoms with Crippen LogP contribution in [0.25, 0.3) is 0 Å². The van der Waals surface area contributed by atoms with Crippen molar-refractivity contribution in [3.05, 3.63) is 65.0 Å². The molecule has 1 aliphatic rings. The minimum Gasteiger partial charge on any atom is -0.478 e. The van der Waals surface area contributed by atoms with E-state index in [4.69, 9.17) is 10.5 Å². The largest absolute Gasteiger partial charge is 0.478 e. The summed E-state index contributed by atoms with van der Waals surface area (Å²) in [5, 5.41) is 12.1. The maximum absolute atomic E-state index is 14.2. The molecule has 218 valence electrons. The lowest BCUT2D eigenvalue weighted by Crippen LogP contribution is -2.47. The van der Waals surface area contributed by atoms with Crippen molar-refractivity contribution in [1.82, 2.24) is 10.2 Å². The van der Waals surface area contributed by atoms with Crippen molar-refractivity contribution in [2.75, 3.05) is 6.54 Å². The number of benzene rings is 2. The molecule has 0 aliphatic carbocycles. The number of carboxylic acids is 1. The third kappa shape index (κ3) is 8.17. The lowest BCUT2D eigenvalue weighted by Gasteiger charge is -2.25. The Morgan fingerprint density at radius 3 is 2.40 bits per heavy atom. The van der Waals surface area contributed by atoms with Crippen molar-refractivity contribution in [1.29, 1.82) is 0 Å². The molecule has 40 heavy (non-hydrogen) atoms. The van der Waals surface area contributed by atoms with Crippen LogP contribution in [0.1, 0.15) is 49.8 Å². The molecule has 0 bridgehead atoms. The van der Waals surface area contributed by atoms with E-state index in [2.05, 4.69) is 5.32 Å². The first-order valence-corrected chi connectivity index (χ1v) is 12.9. The maximum Gasteiger partial charge on any atom is 0.416 e. The zero-order chi connectivity index (χ0) is 29.6. The van der Waals surface area contributed by atoms with Crippen LogP contribution < -0.4 is 15.8 Å². The zero-order valence-corrected chi connectivity index (χ0v) is 22.2. The van der Waals surface area contributed by atoms with Gasteiger partial charge in [-0.3, -0.25) is 9.59 Å². The molecular weight excluding hydrogens is 534 g/mol. The van der Waals surface area contributed by atoms with Crippen LogP contribution in [0.5, 0.6) is 5.75 Å². The molecule has 1 unspecified atom stereocenters. The van der Waals surface area contributed by atoms with Gasteiger partial charge < -0.3 is 25.8 Å². The van der Waals surface area contributed by atoms with Crippen molar-refractivity contribution >= 4 is 17.8 Å². The summed E-state index contributed by atoms with van der Waals surface area (Å²) < 4.78 is 58.0. The van der Waals surface area contributed by atoms with E-state index < -0.39 is 47.6 Å². The van der Waals surface area contributed by atoms with E-state index in [1.165, 1.54) is 4.90 Å². The predicted octanol–water partition coefficient (Wildman–Crippen LogP) is 3.90. The molecule has 8 nitrogen and oxygen atoms in total. The summed E-state index contributed by atoms with van der Waals surface area (Å²) in [7, 11) is 0. The minimum absolute atomic E-state index is 0.0249. The molecule has 2 aromatic rings. The number of halogens is 4. The summed E-state index contributed by atoms with van der Waals surface area (Å²) in [6.07, 6.45) is -4.92. The smallest absolute Gasteiger partial charge is 0.416 e. The number of hydrogen-bond donors (Lipinski definition) is 3. The highest BCUT2D eigenvalue weighted by molar-refractivity contribution is 5.88. The second-order valence-electron chi connectivity index (χ2n) is 10.2. The molecule has 0 spiro atoms. The van der Waals surface area contributed by atoms with Gasteiger partial charge in [-0.25, -0.2) is 9.18 Å². The van der Waals surface area contributed by atoms with Gasteiger partial charge in [0.25, 0.3) is 0 Å². The molecule has 2 amide bonds. The average molecular weight is 568 g/mol. The lowest BCUT2D eigenvalue weighted by atomic mass is 10.0. The van der Waals surface area contributed by atoms with Gasteiger partial charge in [-0.1, -0.05) is 32.0 Å². The third-order valence-electron chi connectivity index (χ3n) is 6.68. The molecule has 0 radical (unpaired) electrons. The van der Waals surface area contributed by atoms with E-state index in [0.29, 0.717) is 31.2 Å². The van der Waals surface area contributed by atoms with Crippen molar-refractivity contribution < 1.29 is 41.8 Å². The second-order valence-corrected chi connectivity index (χ2v) is 10.2. The number of nitrogens with one attached hydrogen (secondary N) is 1. The number of amides is 2. The van der Waals surface area contributed by atoms with Gasteiger partial charge in [-0.15, -0.1) is 0 Å². The van der Waals surface area contributed by atoms with Crippen molar-refractivity contribution in [3.8, 4) is 5.75 Å². The van der Waals surface area contributed by atoms with E-state index in [0.717, 1.165) is 17.7 Å². The summed E-state index contributed by atoms with van der Waals surface area (Å²) >= 11 is 0. The molecule has 0 aromatic heterocycles. The van der Waals surface area contributed by atoms with Crippen LogP contribution in [0.3, 0.4) is 0 Å². The van der Waals surface area contributed by atoms with Crippen LogP contribution >= 0.6 is 0 Å². The van der Waals surface area contributed by atoms with Crippen molar-refractivity contribution in [2.45, 2.75) is 70.4 Å². The van der Waals surface area contributed by atoms with Crippen molar-refractivity contribution in [3.63, 3.8) is 0 Å². The van der Waals surface area contributed by atoms with Gasteiger partial charge in [0.2, 0.25) is 11.8 Å². The Bertz CT molecular complexity index is 1200. The monoisotopic (exact) mass is 567 g/mol. The van der Waals surface area contributed by atoms with Gasteiger partial charge >= 0.3 is 12.1 Å². The number of aliphatic carboxylic acids is 1. The van der Waals surface area contributed by atoms with Gasteiger partial charge in [-0.2, -0.15) is 13.2 Å². The molecular formula is C28H33F4N3O5. The number of carbonyl (C=O) groups excluding carboxylic acids is 2. The van der Waals surface area contributed by atoms with Crippen LogP contribution in [0.2, 0.25) is 0 Å². The highest BCUT2D eigenvalue weighted by Crippen LogP contribution is 2.30. The Morgan fingerprint density at radius 1 is 1.15 bits per heavy atom. The van der Waals surface area contributed by atoms with Gasteiger partial charge in [-0.05, 0) is 54.7 Å². The summed E-state index contributed by atoms with van der Waals surface area (Å²) in [5.41, 5.74) is 5.63. The Labute approximate surface area is 229 Å². The van der Waals surface area contributed by atoms with Crippen molar-refractivity contribution in [2.24, 2.45) is 11.7 Å². The standard InChI is InChI=1S/C28H33F4N3O5/c1-16(2)25(27(38)39)40-21-9-5-17(6-10-21)15-34-26(37)23-4-3-11-35(23)24(36)14-20(33)12-18-7-8-19(13-22(18)29)28(30,31)32/h5-10,13,16,20,23,25H,3-4,11-12,14-15,33H2,1-2H3,(H,34,37)(H,38,39)/t20?,23-,25+/m0/s1. The normalized spacial score (nSPS) is 17.0. The Kier molecular flexibility index (Phi) is 10.1. The molecule has 1 saturated heterocycles. The SMILES string of the molecule is CC(C)[C@@H](Oc1ccc(CNC(=O)[C@@H]2CCCN2C(=O)CC(N)Cc2ccc(C(F)(F)F)cc2F)cc1)C(=O)O. The van der Waals surface area contributed by atoms with Crippen LogP contribution in [-0.4, -0.2) is 52.5 Å². The Balaban J connectivity index is 1.52. The fourth-order valence-corrected chi connectivity index (χ4v) is 4.53. The zero-order valence-electron chi connectivity index (χ0n) is 22.2. The first kappa shape index (κ1) is 30.9. The molecule has 1 aliphatic heterocycles. The number of nitrogens with two attached hydrogens (primary N) is 1. The second kappa shape index (κ2) is 13.1. The van der Waals surface area contributed by atoms with Gasteiger partial charge in [0.05, 0.1) is 5.56 Å². The van der Waals surface area contributed by atoms with Crippen LogP contribution in [-0.2, 0) is 33.5 Å². The summed E-state index contributed by atoms with van der Waals surface area (Å²) in [5.74, 6) is -2.69. The number of carboxylic acid groups (broad SMARTS) is 1. The molecule has 3 atom stereocenters. The number of ether oxygens (including phenoxy) is 1. The molecule has 2 aromatic carbocycles. The van der Waals surface area contributed by atoms with Gasteiger partial charge in [0.15, 0.2) is 6.10 Å². The Morgan fingerprint density at radius 2 is 1.82 bits per heavy atom. The molecule has 3 rings (SSSR count). The van der Waals surface area contributed by atoms with E-state index >= 15 is 0 Å². The average Bonchev–Trinajstić information content (AvgIpc) is 3.37. The number of hydrogen-bond acceptors (Lipinski definition) is 5. The highest BCUT2D eigenvalue weighted by Gasteiger charge is 2.35. The number of alkyl halides is 3. The fourth-order valence-electron chi connectivity index (χ4n) is 4.53. The predicted molar refractivity (Wildman–Crippen MR) is 138 cm³/mol. The first-order chi connectivity index (χ1) is 18.8. The molecule has 4 N–H and O–H groups in total. The van der Waals surface area contributed by atoms with E-state index in [1.54, 1.807) is 38.1 Å². The molecule has 0 saturated carbocycles. The molecule has 12 heteroatoms. The topological polar surface area (TPSA) is 122 Å². The van der Waals surface area contributed by atoms with Gasteiger partial charge in [0.1, 0.15) is 17.6 Å². The molecule has 1 fully saturated rings. The fraction of sp³-hybridized carbons (Fsp3) is 0.464.